The van der Waals surface area contributed by atoms with Crippen LogP contribution in [-0.4, -0.2) is 47.1 Å². The summed E-state index contributed by atoms with van der Waals surface area (Å²) < 4.78 is 19.4. The molecule has 1 aliphatic heterocycles. The van der Waals surface area contributed by atoms with Crippen LogP contribution >= 0.6 is 0 Å². The Kier molecular flexibility index (Phi) is 5.37. The van der Waals surface area contributed by atoms with Gasteiger partial charge in [-0.2, -0.15) is 4.98 Å². The van der Waals surface area contributed by atoms with Crippen LogP contribution in [0.1, 0.15) is 10.4 Å². The molecule has 0 atom stereocenters. The predicted octanol–water partition coefficient (Wildman–Crippen LogP) is 4.51. The van der Waals surface area contributed by atoms with Crippen LogP contribution in [0.4, 0.5) is 10.1 Å². The van der Waals surface area contributed by atoms with Crippen LogP contribution in [-0.2, 0) is 0 Å². The van der Waals surface area contributed by atoms with Gasteiger partial charge in [0, 0.05) is 42.9 Å². The highest BCUT2D eigenvalue weighted by Crippen LogP contribution is 2.24. The van der Waals surface area contributed by atoms with Crippen molar-refractivity contribution in [2.45, 2.75) is 0 Å². The number of anilines is 1. The lowest BCUT2D eigenvalue weighted by Gasteiger charge is -2.36. The lowest BCUT2D eigenvalue weighted by atomic mass is 10.1. The molecule has 0 radical (unpaired) electrons. The van der Waals surface area contributed by atoms with E-state index in [2.05, 4.69) is 10.1 Å². The maximum Gasteiger partial charge on any atom is 0.258 e. The zero-order chi connectivity index (χ0) is 21.9. The highest BCUT2D eigenvalue weighted by molar-refractivity contribution is 5.94. The van der Waals surface area contributed by atoms with Crippen LogP contribution in [0.3, 0.4) is 0 Å². The van der Waals surface area contributed by atoms with Gasteiger partial charge in [-0.1, -0.05) is 47.6 Å². The lowest BCUT2D eigenvalue weighted by molar-refractivity contribution is 0.0746. The monoisotopic (exact) mass is 428 g/mol. The van der Waals surface area contributed by atoms with E-state index >= 15 is 0 Å². The Bertz CT molecular complexity index is 1220. The molecule has 0 aliphatic carbocycles. The second kappa shape index (κ2) is 8.63. The van der Waals surface area contributed by atoms with Gasteiger partial charge < -0.3 is 14.3 Å². The molecule has 0 unspecified atom stereocenters. The van der Waals surface area contributed by atoms with Crippen LogP contribution in [0.5, 0.6) is 0 Å². The summed E-state index contributed by atoms with van der Waals surface area (Å²) in [5.74, 6) is 0.648. The third-order valence-corrected chi connectivity index (χ3v) is 5.60. The highest BCUT2D eigenvalue weighted by atomic mass is 19.1. The molecule has 0 N–H and O–H groups in total. The van der Waals surface area contributed by atoms with Crippen molar-refractivity contribution in [2.75, 3.05) is 31.1 Å². The fourth-order valence-electron chi connectivity index (χ4n) is 3.84. The molecule has 2 heterocycles. The number of halogens is 1. The number of amides is 1. The second-order valence-corrected chi connectivity index (χ2v) is 7.60. The average Bonchev–Trinajstić information content (AvgIpc) is 3.35. The zero-order valence-electron chi connectivity index (χ0n) is 17.3. The van der Waals surface area contributed by atoms with Gasteiger partial charge in [-0.15, -0.1) is 0 Å². The highest BCUT2D eigenvalue weighted by Gasteiger charge is 2.23. The van der Waals surface area contributed by atoms with Gasteiger partial charge in [-0.3, -0.25) is 4.79 Å². The van der Waals surface area contributed by atoms with Gasteiger partial charge in [0.2, 0.25) is 5.82 Å². The minimum absolute atomic E-state index is 0.0414. The molecule has 0 spiro atoms. The number of hydrogen-bond donors (Lipinski definition) is 0. The first-order valence-corrected chi connectivity index (χ1v) is 10.5. The van der Waals surface area contributed by atoms with E-state index < -0.39 is 0 Å². The fourth-order valence-corrected chi connectivity index (χ4v) is 3.84. The maximum absolute atomic E-state index is 14.0. The number of rotatable bonds is 4. The van der Waals surface area contributed by atoms with E-state index in [1.807, 2.05) is 53.4 Å². The van der Waals surface area contributed by atoms with Crippen molar-refractivity contribution < 1.29 is 13.7 Å². The van der Waals surface area contributed by atoms with E-state index in [1.54, 1.807) is 29.2 Å². The Labute approximate surface area is 184 Å². The third-order valence-electron chi connectivity index (χ3n) is 5.60. The van der Waals surface area contributed by atoms with E-state index in [0.717, 1.165) is 11.1 Å². The number of hydrogen-bond acceptors (Lipinski definition) is 5. The van der Waals surface area contributed by atoms with Crippen LogP contribution in [0.25, 0.3) is 22.8 Å². The molecule has 6 nitrogen and oxygen atoms in total. The maximum atomic E-state index is 14.0. The summed E-state index contributed by atoms with van der Waals surface area (Å²) in [6, 6.07) is 23.5. The molecule has 1 amide bonds. The topological polar surface area (TPSA) is 62.5 Å². The van der Waals surface area contributed by atoms with Crippen LogP contribution in [0.2, 0.25) is 0 Å². The minimum Gasteiger partial charge on any atom is -0.366 e. The lowest BCUT2D eigenvalue weighted by Crippen LogP contribution is -2.49. The van der Waals surface area contributed by atoms with E-state index in [4.69, 9.17) is 4.52 Å². The van der Waals surface area contributed by atoms with Gasteiger partial charge in [0.15, 0.2) is 0 Å². The number of benzene rings is 3. The minimum atomic E-state index is -0.237. The SMILES string of the molecule is O=C(c1ccc(-c2nc(-c3ccccc3)no2)cc1)N1CCN(c2ccccc2F)CC1. The summed E-state index contributed by atoms with van der Waals surface area (Å²) in [7, 11) is 0. The summed E-state index contributed by atoms with van der Waals surface area (Å²) in [5, 5.41) is 4.04. The molecule has 7 heteroatoms. The molecule has 4 aromatic rings. The molecular formula is C25H21FN4O2. The van der Waals surface area contributed by atoms with E-state index in [-0.39, 0.29) is 11.7 Å². The van der Waals surface area contributed by atoms with Crippen LogP contribution in [0, 0.1) is 5.82 Å². The zero-order valence-corrected chi connectivity index (χ0v) is 17.3. The second-order valence-electron chi connectivity index (χ2n) is 7.60. The van der Waals surface area contributed by atoms with Crippen molar-refractivity contribution in [3.63, 3.8) is 0 Å². The number of carbonyl (C=O) groups excluding carboxylic acids is 1. The quantitative estimate of drug-likeness (QED) is 0.479. The molecule has 5 rings (SSSR count). The molecule has 32 heavy (non-hydrogen) atoms. The van der Waals surface area contributed by atoms with Gasteiger partial charge in [0.1, 0.15) is 5.82 Å². The van der Waals surface area contributed by atoms with E-state index in [0.29, 0.717) is 49.1 Å². The smallest absolute Gasteiger partial charge is 0.258 e. The Morgan fingerprint density at radius 2 is 1.50 bits per heavy atom. The Balaban J connectivity index is 1.24. The summed E-state index contributed by atoms with van der Waals surface area (Å²) in [6.07, 6.45) is 0. The first-order chi connectivity index (χ1) is 15.7. The van der Waals surface area contributed by atoms with Gasteiger partial charge in [0.25, 0.3) is 11.8 Å². The first-order valence-electron chi connectivity index (χ1n) is 10.5. The summed E-state index contributed by atoms with van der Waals surface area (Å²) in [5.41, 5.74) is 2.80. The fraction of sp³-hybridized carbons (Fsp3) is 0.160. The molecule has 0 saturated carbocycles. The standard InChI is InChI=1S/C25H21FN4O2/c26-21-8-4-5-9-22(21)29-14-16-30(17-15-29)25(31)20-12-10-19(11-13-20)24-27-23(28-32-24)18-6-2-1-3-7-18/h1-13H,14-17H2. The van der Waals surface area contributed by atoms with Crippen molar-refractivity contribution in [3.05, 3.63) is 90.2 Å². The normalized spacial score (nSPS) is 13.9. The van der Waals surface area contributed by atoms with Crippen molar-refractivity contribution in [2.24, 2.45) is 0 Å². The van der Waals surface area contributed by atoms with Gasteiger partial charge in [-0.05, 0) is 36.4 Å². The Hall–Kier alpha value is -4.00. The van der Waals surface area contributed by atoms with Crippen molar-refractivity contribution >= 4 is 11.6 Å². The van der Waals surface area contributed by atoms with Gasteiger partial charge in [0.05, 0.1) is 5.69 Å². The van der Waals surface area contributed by atoms with Crippen LogP contribution in [0.15, 0.2) is 83.4 Å². The number of piperazine rings is 1. The number of para-hydroxylation sites is 1. The molecule has 1 fully saturated rings. The Morgan fingerprint density at radius 3 is 2.22 bits per heavy atom. The van der Waals surface area contributed by atoms with Gasteiger partial charge >= 0.3 is 0 Å². The van der Waals surface area contributed by atoms with Crippen molar-refractivity contribution in [3.8, 4) is 22.8 Å². The van der Waals surface area contributed by atoms with E-state index in [1.165, 1.54) is 6.07 Å². The largest absolute Gasteiger partial charge is 0.366 e. The summed E-state index contributed by atoms with van der Waals surface area (Å²) in [6.45, 7) is 2.27. The molecule has 1 aromatic heterocycles. The number of carbonyl (C=O) groups is 1. The average molecular weight is 428 g/mol. The van der Waals surface area contributed by atoms with E-state index in [9.17, 15) is 9.18 Å². The molecule has 1 saturated heterocycles. The predicted molar refractivity (Wildman–Crippen MR) is 120 cm³/mol. The number of nitrogens with zero attached hydrogens (tertiary/aromatic N) is 4. The molecule has 1 aliphatic rings. The third kappa shape index (κ3) is 3.97. The van der Waals surface area contributed by atoms with Crippen LogP contribution < -0.4 is 4.90 Å². The Morgan fingerprint density at radius 1 is 0.812 bits per heavy atom. The molecular weight excluding hydrogens is 407 g/mol. The molecule has 160 valence electrons. The molecule has 3 aromatic carbocycles. The summed E-state index contributed by atoms with van der Waals surface area (Å²) in [4.78, 5) is 21.2. The van der Waals surface area contributed by atoms with Crippen molar-refractivity contribution in [1.29, 1.82) is 0 Å². The van der Waals surface area contributed by atoms with Gasteiger partial charge in [-0.25, -0.2) is 4.39 Å². The number of aromatic nitrogens is 2. The van der Waals surface area contributed by atoms with Crippen molar-refractivity contribution in [1.82, 2.24) is 15.0 Å². The molecule has 0 bridgehead atoms. The summed E-state index contributed by atoms with van der Waals surface area (Å²) >= 11 is 0. The first kappa shape index (κ1) is 19.9.